The van der Waals surface area contributed by atoms with E-state index in [1.807, 2.05) is 26.2 Å². The third kappa shape index (κ3) is 4.37. The van der Waals surface area contributed by atoms with Gasteiger partial charge in [0, 0.05) is 51.5 Å². The van der Waals surface area contributed by atoms with Gasteiger partial charge in [-0.15, -0.1) is 0 Å². The van der Waals surface area contributed by atoms with Crippen molar-refractivity contribution in [3.8, 4) is 5.75 Å². The minimum atomic E-state index is -0.0585. The third-order valence-electron chi connectivity index (χ3n) is 6.14. The number of benzene rings is 1. The molecular weight excluding hydrogens is 342 g/mol. The van der Waals surface area contributed by atoms with Gasteiger partial charge in [-0.1, -0.05) is 25.0 Å². The predicted octanol–water partition coefficient (Wildman–Crippen LogP) is 2.63. The summed E-state index contributed by atoms with van der Waals surface area (Å²) in [6, 6.07) is 8.19. The number of carbonyl (C=O) groups is 2. The molecule has 6 nitrogen and oxygen atoms in total. The highest BCUT2D eigenvalue weighted by atomic mass is 16.5. The molecule has 3 rings (SSSR count). The Balaban J connectivity index is 1.58. The first-order valence-corrected chi connectivity index (χ1v) is 9.81. The Kier molecular flexibility index (Phi) is 5.92. The molecule has 0 radical (unpaired) electrons. The number of amides is 3. The van der Waals surface area contributed by atoms with Gasteiger partial charge in [0.25, 0.3) is 0 Å². The lowest BCUT2D eigenvalue weighted by atomic mass is 9.79. The molecule has 2 aliphatic rings. The van der Waals surface area contributed by atoms with Gasteiger partial charge in [-0.05, 0) is 30.5 Å². The van der Waals surface area contributed by atoms with E-state index in [-0.39, 0.29) is 23.3 Å². The highest BCUT2D eigenvalue weighted by molar-refractivity contribution is 5.78. The van der Waals surface area contributed by atoms with Gasteiger partial charge < -0.3 is 19.9 Å². The lowest BCUT2D eigenvalue weighted by Gasteiger charge is -2.31. The first-order chi connectivity index (χ1) is 12.9. The van der Waals surface area contributed by atoms with Crippen LogP contribution in [0.4, 0.5) is 4.79 Å². The van der Waals surface area contributed by atoms with Crippen molar-refractivity contribution in [2.75, 3.05) is 40.8 Å². The Morgan fingerprint density at radius 2 is 1.96 bits per heavy atom. The van der Waals surface area contributed by atoms with Crippen molar-refractivity contribution in [1.29, 1.82) is 0 Å². The van der Waals surface area contributed by atoms with Crippen LogP contribution in [0.25, 0.3) is 0 Å². The Morgan fingerprint density at radius 3 is 2.52 bits per heavy atom. The molecule has 1 heterocycles. The standard InChI is InChI=1S/C21H31N3O3/c1-23-13-16(12-19(23)25)14-24(2)20(26)22-15-21(10-4-5-11-21)17-6-8-18(27-3)9-7-17/h6-9,16H,4-5,10-15H2,1-3H3,(H,22,26)/t16-/m1/s1. The quantitative estimate of drug-likeness (QED) is 0.834. The molecule has 3 amide bonds. The fourth-order valence-corrected chi connectivity index (χ4v) is 4.49. The van der Waals surface area contributed by atoms with E-state index in [9.17, 15) is 9.59 Å². The molecule has 1 aromatic rings. The number of methoxy groups -OCH3 is 1. The minimum Gasteiger partial charge on any atom is -0.497 e. The summed E-state index contributed by atoms with van der Waals surface area (Å²) in [4.78, 5) is 27.8. The molecule has 1 aromatic carbocycles. The largest absolute Gasteiger partial charge is 0.497 e. The molecule has 0 spiro atoms. The number of carbonyl (C=O) groups excluding carboxylic acids is 2. The van der Waals surface area contributed by atoms with Crippen molar-refractivity contribution >= 4 is 11.9 Å². The smallest absolute Gasteiger partial charge is 0.317 e. The summed E-state index contributed by atoms with van der Waals surface area (Å²) in [5.41, 5.74) is 1.28. The van der Waals surface area contributed by atoms with E-state index in [1.54, 1.807) is 16.9 Å². The van der Waals surface area contributed by atoms with Crippen LogP contribution in [0.15, 0.2) is 24.3 Å². The van der Waals surface area contributed by atoms with Crippen molar-refractivity contribution in [3.63, 3.8) is 0 Å². The minimum absolute atomic E-state index is 0.00626. The third-order valence-corrected chi connectivity index (χ3v) is 6.14. The van der Waals surface area contributed by atoms with Crippen molar-refractivity contribution in [3.05, 3.63) is 29.8 Å². The topological polar surface area (TPSA) is 61.9 Å². The molecule has 148 valence electrons. The van der Waals surface area contributed by atoms with E-state index in [2.05, 4.69) is 17.4 Å². The number of hydrogen-bond acceptors (Lipinski definition) is 3. The summed E-state index contributed by atoms with van der Waals surface area (Å²) in [6.45, 7) is 1.98. The van der Waals surface area contributed by atoms with Gasteiger partial charge in [0.1, 0.15) is 5.75 Å². The maximum absolute atomic E-state index is 12.6. The molecule has 2 fully saturated rings. The zero-order valence-corrected chi connectivity index (χ0v) is 16.7. The summed E-state index contributed by atoms with van der Waals surface area (Å²) < 4.78 is 5.27. The van der Waals surface area contributed by atoms with Crippen molar-refractivity contribution in [1.82, 2.24) is 15.1 Å². The van der Waals surface area contributed by atoms with Crippen molar-refractivity contribution in [2.24, 2.45) is 5.92 Å². The average molecular weight is 373 g/mol. The molecule has 1 aliphatic heterocycles. The van der Waals surface area contributed by atoms with Crippen molar-refractivity contribution < 1.29 is 14.3 Å². The van der Waals surface area contributed by atoms with Crippen LogP contribution < -0.4 is 10.1 Å². The Morgan fingerprint density at radius 1 is 1.30 bits per heavy atom. The van der Waals surface area contributed by atoms with E-state index in [0.29, 0.717) is 19.5 Å². The highest BCUT2D eigenvalue weighted by Gasteiger charge is 2.36. The van der Waals surface area contributed by atoms with Gasteiger partial charge in [0.05, 0.1) is 7.11 Å². The molecule has 0 bridgehead atoms. The fraction of sp³-hybridized carbons (Fsp3) is 0.619. The van der Waals surface area contributed by atoms with Crippen LogP contribution in [-0.4, -0.2) is 62.6 Å². The molecule has 1 saturated carbocycles. The molecular formula is C21H31N3O3. The maximum atomic E-state index is 12.6. The summed E-state index contributed by atoms with van der Waals surface area (Å²) in [5, 5.41) is 3.15. The number of rotatable bonds is 6. The van der Waals surface area contributed by atoms with Crippen LogP contribution in [0.1, 0.15) is 37.7 Å². The van der Waals surface area contributed by atoms with E-state index in [0.717, 1.165) is 25.1 Å². The molecule has 27 heavy (non-hydrogen) atoms. The number of urea groups is 1. The zero-order valence-electron chi connectivity index (χ0n) is 16.7. The molecule has 1 atom stereocenters. The van der Waals surface area contributed by atoms with Crippen LogP contribution in [-0.2, 0) is 10.2 Å². The summed E-state index contributed by atoms with van der Waals surface area (Å²) >= 11 is 0. The second kappa shape index (κ2) is 8.19. The normalized spacial score (nSPS) is 21.4. The number of nitrogens with zero attached hydrogens (tertiary/aromatic N) is 2. The summed E-state index contributed by atoms with van der Waals surface area (Å²) in [7, 11) is 5.31. The van der Waals surface area contributed by atoms with E-state index >= 15 is 0 Å². The van der Waals surface area contributed by atoms with E-state index in [4.69, 9.17) is 4.74 Å². The van der Waals surface area contributed by atoms with Gasteiger partial charge >= 0.3 is 6.03 Å². The number of hydrogen-bond donors (Lipinski definition) is 1. The average Bonchev–Trinajstić information content (AvgIpc) is 3.27. The van der Waals surface area contributed by atoms with Gasteiger partial charge in [0.2, 0.25) is 5.91 Å². The molecule has 6 heteroatoms. The predicted molar refractivity (Wildman–Crippen MR) is 105 cm³/mol. The molecule has 1 saturated heterocycles. The zero-order chi connectivity index (χ0) is 19.4. The van der Waals surface area contributed by atoms with Crippen LogP contribution in [0, 0.1) is 5.92 Å². The van der Waals surface area contributed by atoms with E-state index in [1.165, 1.54) is 18.4 Å². The monoisotopic (exact) mass is 373 g/mol. The van der Waals surface area contributed by atoms with Crippen LogP contribution in [0.2, 0.25) is 0 Å². The maximum Gasteiger partial charge on any atom is 0.317 e. The fourth-order valence-electron chi connectivity index (χ4n) is 4.49. The first kappa shape index (κ1) is 19.5. The summed E-state index contributed by atoms with van der Waals surface area (Å²) in [6.07, 6.45) is 5.09. The molecule has 1 aliphatic carbocycles. The molecule has 0 unspecified atom stereocenters. The number of likely N-dealkylation sites (tertiary alicyclic amines) is 1. The SMILES string of the molecule is COc1ccc(C2(CNC(=O)N(C)C[C@@H]3CC(=O)N(C)C3)CCCC2)cc1. The van der Waals surface area contributed by atoms with Gasteiger partial charge in [-0.2, -0.15) is 0 Å². The van der Waals surface area contributed by atoms with E-state index < -0.39 is 0 Å². The summed E-state index contributed by atoms with van der Waals surface area (Å²) in [5.74, 6) is 1.24. The molecule has 1 N–H and O–H groups in total. The number of ether oxygens (including phenoxy) is 1. The first-order valence-electron chi connectivity index (χ1n) is 9.81. The van der Waals surface area contributed by atoms with Crippen LogP contribution >= 0.6 is 0 Å². The van der Waals surface area contributed by atoms with Crippen molar-refractivity contribution in [2.45, 2.75) is 37.5 Å². The lowest BCUT2D eigenvalue weighted by Crippen LogP contribution is -2.45. The molecule has 0 aromatic heterocycles. The van der Waals surface area contributed by atoms with Gasteiger partial charge in [-0.25, -0.2) is 4.79 Å². The highest BCUT2D eigenvalue weighted by Crippen LogP contribution is 2.41. The number of nitrogens with one attached hydrogen (secondary N) is 1. The Bertz CT molecular complexity index is 668. The van der Waals surface area contributed by atoms with Crippen LogP contribution in [0.3, 0.4) is 0 Å². The second-order valence-corrected chi connectivity index (χ2v) is 8.10. The lowest BCUT2D eigenvalue weighted by molar-refractivity contribution is -0.126. The second-order valence-electron chi connectivity index (χ2n) is 8.10. The Labute approximate surface area is 161 Å². The Hall–Kier alpha value is -2.24. The van der Waals surface area contributed by atoms with Gasteiger partial charge in [-0.3, -0.25) is 4.79 Å². The van der Waals surface area contributed by atoms with Crippen LogP contribution in [0.5, 0.6) is 5.75 Å². The van der Waals surface area contributed by atoms with Gasteiger partial charge in [0.15, 0.2) is 0 Å².